The zero-order chi connectivity index (χ0) is 22.8. The molecule has 2 aromatic carbocycles. The third-order valence-electron chi connectivity index (χ3n) is 4.71. The van der Waals surface area contributed by atoms with Gasteiger partial charge in [-0.15, -0.1) is 5.10 Å². The van der Waals surface area contributed by atoms with Gasteiger partial charge in [0.1, 0.15) is 0 Å². The molecule has 0 aliphatic heterocycles. The highest BCUT2D eigenvalue weighted by Crippen LogP contribution is 2.20. The maximum atomic E-state index is 13.3. The first kappa shape index (κ1) is 20.3. The van der Waals surface area contributed by atoms with Crippen molar-refractivity contribution in [2.24, 2.45) is 0 Å². The van der Waals surface area contributed by atoms with E-state index in [0.29, 0.717) is 22.1 Å². The summed E-state index contributed by atoms with van der Waals surface area (Å²) >= 11 is 5.98. The minimum absolute atomic E-state index is 0.0131. The highest BCUT2D eigenvalue weighted by Gasteiger charge is 2.22. The van der Waals surface area contributed by atoms with Gasteiger partial charge in [0.15, 0.2) is 11.2 Å². The highest BCUT2D eigenvalue weighted by atomic mass is 35.5. The van der Waals surface area contributed by atoms with Gasteiger partial charge in [0.25, 0.3) is 5.56 Å². The number of carbonyl (C=O) groups is 1. The molecule has 10 nitrogen and oxygen atoms in total. The molecule has 0 aliphatic rings. The van der Waals surface area contributed by atoms with Crippen molar-refractivity contribution in [3.05, 3.63) is 94.5 Å². The van der Waals surface area contributed by atoms with Crippen LogP contribution >= 0.6 is 11.6 Å². The Bertz CT molecular complexity index is 1500. The van der Waals surface area contributed by atoms with Crippen LogP contribution < -0.4 is 16.2 Å². The van der Waals surface area contributed by atoms with Gasteiger partial charge in [-0.2, -0.15) is 14.2 Å². The molecular formula is C22H15ClN8O2. The zero-order valence-corrected chi connectivity index (χ0v) is 17.6. The van der Waals surface area contributed by atoms with Crippen molar-refractivity contribution in [3.63, 3.8) is 0 Å². The monoisotopic (exact) mass is 458 g/mol. The summed E-state index contributed by atoms with van der Waals surface area (Å²) in [6.07, 6.45) is 3.05. The van der Waals surface area contributed by atoms with Crippen LogP contribution in [0.1, 0.15) is 0 Å². The molecule has 5 aromatic rings. The van der Waals surface area contributed by atoms with Gasteiger partial charge < -0.3 is 10.6 Å². The van der Waals surface area contributed by atoms with E-state index in [9.17, 15) is 9.59 Å². The van der Waals surface area contributed by atoms with Crippen LogP contribution in [0.25, 0.3) is 16.9 Å². The summed E-state index contributed by atoms with van der Waals surface area (Å²) in [6.45, 7) is 0. The molecule has 0 radical (unpaired) electrons. The number of nitrogens with one attached hydrogen (secondary N) is 2. The predicted octanol–water partition coefficient (Wildman–Crippen LogP) is 3.85. The lowest BCUT2D eigenvalue weighted by Gasteiger charge is -2.14. The molecule has 0 atom stereocenters. The fourth-order valence-electron chi connectivity index (χ4n) is 3.16. The number of amides is 1. The Balaban J connectivity index is 1.66. The lowest BCUT2D eigenvalue weighted by molar-refractivity contribution is 0.253. The molecule has 11 heteroatoms. The Morgan fingerprint density at radius 1 is 0.909 bits per heavy atom. The van der Waals surface area contributed by atoms with Crippen molar-refractivity contribution < 1.29 is 4.79 Å². The largest absolute Gasteiger partial charge is 0.335 e. The zero-order valence-electron chi connectivity index (χ0n) is 16.9. The highest BCUT2D eigenvalue weighted by molar-refractivity contribution is 6.30. The number of para-hydroxylation sites is 1. The van der Waals surface area contributed by atoms with E-state index in [2.05, 4.69) is 30.9 Å². The van der Waals surface area contributed by atoms with Crippen molar-refractivity contribution in [2.45, 2.75) is 0 Å². The molecule has 5 rings (SSSR count). The summed E-state index contributed by atoms with van der Waals surface area (Å²) in [5.41, 5.74) is 1.19. The number of pyridine rings is 1. The van der Waals surface area contributed by atoms with E-state index < -0.39 is 11.6 Å². The summed E-state index contributed by atoms with van der Waals surface area (Å²) in [4.78, 5) is 34.9. The number of fused-ring (bicyclic) bond motifs is 1. The van der Waals surface area contributed by atoms with Crippen LogP contribution in [0.2, 0.25) is 5.02 Å². The van der Waals surface area contributed by atoms with E-state index in [1.165, 1.54) is 17.1 Å². The van der Waals surface area contributed by atoms with Crippen LogP contribution in [0, 0.1) is 0 Å². The molecule has 0 spiro atoms. The molecule has 0 bridgehead atoms. The fraction of sp³-hybridized carbons (Fsp3) is 0. The smallest absolute Gasteiger partial charge is 0.325 e. The van der Waals surface area contributed by atoms with Crippen molar-refractivity contribution in [1.29, 1.82) is 0 Å². The maximum Gasteiger partial charge on any atom is 0.335 e. The molecule has 3 aromatic heterocycles. The molecule has 0 unspecified atom stereocenters. The Hall–Kier alpha value is -4.57. The van der Waals surface area contributed by atoms with E-state index in [-0.39, 0.29) is 17.1 Å². The van der Waals surface area contributed by atoms with Crippen LogP contribution in [0.15, 0.2) is 83.9 Å². The molecule has 3 heterocycles. The third kappa shape index (κ3) is 4.02. The molecule has 0 saturated heterocycles. The molecule has 0 fully saturated rings. The molecule has 0 aliphatic carbocycles. The minimum Gasteiger partial charge on any atom is -0.325 e. The molecule has 2 N–H and O–H groups in total. The number of anilines is 3. The van der Waals surface area contributed by atoms with E-state index in [0.717, 1.165) is 4.57 Å². The number of hydrogen-bond donors (Lipinski definition) is 2. The number of halogens is 1. The van der Waals surface area contributed by atoms with Gasteiger partial charge in [-0.1, -0.05) is 35.0 Å². The van der Waals surface area contributed by atoms with Crippen LogP contribution in [-0.2, 0) is 0 Å². The number of carbonyl (C=O) groups excluding carboxylic acids is 1. The van der Waals surface area contributed by atoms with Crippen LogP contribution in [-0.4, -0.2) is 35.6 Å². The van der Waals surface area contributed by atoms with E-state index in [1.54, 1.807) is 36.4 Å². The van der Waals surface area contributed by atoms with Gasteiger partial charge in [-0.3, -0.25) is 9.78 Å². The Morgan fingerprint density at radius 2 is 1.64 bits per heavy atom. The maximum absolute atomic E-state index is 13.3. The third-order valence-corrected chi connectivity index (χ3v) is 4.96. The molecule has 162 valence electrons. The number of rotatable bonds is 4. The van der Waals surface area contributed by atoms with Gasteiger partial charge in [0.05, 0.1) is 5.69 Å². The summed E-state index contributed by atoms with van der Waals surface area (Å²) in [6, 6.07) is 18.4. The van der Waals surface area contributed by atoms with Gasteiger partial charge in [-0.25, -0.2) is 4.79 Å². The minimum atomic E-state index is -0.716. The fourth-order valence-corrected chi connectivity index (χ4v) is 3.29. The second-order valence-electron chi connectivity index (χ2n) is 6.88. The number of nitrogens with zero attached hydrogens (tertiary/aromatic N) is 6. The van der Waals surface area contributed by atoms with Crippen molar-refractivity contribution in [1.82, 2.24) is 29.5 Å². The lowest BCUT2D eigenvalue weighted by Crippen LogP contribution is -2.33. The SMILES string of the molecule is O=C(Nc1ccncc1)n1c(Nc2ccc(Cl)cc2)nc2c(nnn2-c2ccccc2)c1=O. The lowest BCUT2D eigenvalue weighted by atomic mass is 10.3. The average Bonchev–Trinajstić information content (AvgIpc) is 3.26. The van der Waals surface area contributed by atoms with Gasteiger partial charge in [0, 0.05) is 28.8 Å². The van der Waals surface area contributed by atoms with Crippen LogP contribution in [0.3, 0.4) is 0 Å². The quantitative estimate of drug-likeness (QED) is 0.419. The second kappa shape index (κ2) is 8.52. The number of benzene rings is 2. The van der Waals surface area contributed by atoms with E-state index in [4.69, 9.17) is 11.6 Å². The van der Waals surface area contributed by atoms with Crippen molar-refractivity contribution in [3.8, 4) is 5.69 Å². The van der Waals surface area contributed by atoms with Crippen molar-refractivity contribution in [2.75, 3.05) is 10.6 Å². The standard InChI is InChI=1S/C22H15ClN8O2/c23-14-6-8-15(9-7-14)25-21-27-19-18(28-29-31(19)17-4-2-1-3-5-17)20(32)30(21)22(33)26-16-10-12-24-13-11-16/h1-13H,(H,25,27)(H,24,26,33). The van der Waals surface area contributed by atoms with Gasteiger partial charge in [-0.05, 0) is 48.5 Å². The van der Waals surface area contributed by atoms with Crippen LogP contribution in [0.4, 0.5) is 22.1 Å². The molecule has 33 heavy (non-hydrogen) atoms. The van der Waals surface area contributed by atoms with Crippen LogP contribution in [0.5, 0.6) is 0 Å². The summed E-state index contributed by atoms with van der Waals surface area (Å²) < 4.78 is 2.32. The Labute approximate surface area is 191 Å². The number of aromatic nitrogens is 6. The second-order valence-corrected chi connectivity index (χ2v) is 7.32. The first-order chi connectivity index (χ1) is 16.1. The first-order valence-electron chi connectivity index (χ1n) is 9.78. The van der Waals surface area contributed by atoms with E-state index in [1.807, 2.05) is 30.3 Å². The first-order valence-corrected chi connectivity index (χ1v) is 10.2. The van der Waals surface area contributed by atoms with Gasteiger partial charge >= 0.3 is 6.03 Å². The predicted molar refractivity (Wildman–Crippen MR) is 124 cm³/mol. The topological polar surface area (TPSA) is 120 Å². The van der Waals surface area contributed by atoms with Gasteiger partial charge in [0.2, 0.25) is 5.95 Å². The van der Waals surface area contributed by atoms with E-state index >= 15 is 0 Å². The normalized spacial score (nSPS) is 10.8. The average molecular weight is 459 g/mol. The summed E-state index contributed by atoms with van der Waals surface area (Å²) in [5.74, 6) is -0.0131. The molecule has 0 saturated carbocycles. The summed E-state index contributed by atoms with van der Waals surface area (Å²) in [7, 11) is 0. The Morgan fingerprint density at radius 3 is 2.36 bits per heavy atom. The molecule has 1 amide bonds. The van der Waals surface area contributed by atoms with Crippen molar-refractivity contribution >= 4 is 46.1 Å². The summed E-state index contributed by atoms with van der Waals surface area (Å²) in [5, 5.41) is 14.3. The molecular weight excluding hydrogens is 444 g/mol. The number of hydrogen-bond acceptors (Lipinski definition) is 7. The Kier molecular flexibility index (Phi) is 5.25.